The van der Waals surface area contributed by atoms with E-state index < -0.39 is 12.3 Å². The molecule has 4 rings (SSSR count). The first-order chi connectivity index (χ1) is 17.4. The lowest BCUT2D eigenvalue weighted by atomic mass is 9.59. The van der Waals surface area contributed by atoms with Crippen LogP contribution in [0.15, 0.2) is 72.8 Å². The van der Waals surface area contributed by atoms with Gasteiger partial charge in [-0.15, -0.1) is 13.2 Å². The molecule has 7 heteroatoms. The highest BCUT2D eigenvalue weighted by atomic mass is 19.4. The fraction of sp³-hybridized carbons (Fsp3) is 0.300. The maximum Gasteiger partial charge on any atom is 0.573 e. The van der Waals surface area contributed by atoms with Crippen molar-refractivity contribution < 1.29 is 32.5 Å². The number of alkyl halides is 3. The van der Waals surface area contributed by atoms with Crippen LogP contribution in [0, 0.1) is 11.3 Å². The van der Waals surface area contributed by atoms with Crippen LogP contribution >= 0.6 is 0 Å². The maximum absolute atomic E-state index is 12.5. The summed E-state index contributed by atoms with van der Waals surface area (Å²) < 4.78 is 47.5. The molecule has 0 bridgehead atoms. The highest BCUT2D eigenvalue weighted by Gasteiger charge is 2.39. The van der Waals surface area contributed by atoms with E-state index in [-0.39, 0.29) is 11.2 Å². The minimum absolute atomic E-state index is 0.251. The number of carbonyl (C=O) groups is 1. The van der Waals surface area contributed by atoms with Gasteiger partial charge in [-0.1, -0.05) is 57.2 Å². The summed E-state index contributed by atoms with van der Waals surface area (Å²) in [6.45, 7) is 6.83. The van der Waals surface area contributed by atoms with Gasteiger partial charge in [0.2, 0.25) is 0 Å². The van der Waals surface area contributed by atoms with Gasteiger partial charge in [0.05, 0.1) is 0 Å². The van der Waals surface area contributed by atoms with Crippen molar-refractivity contribution in [2.45, 2.75) is 45.9 Å². The van der Waals surface area contributed by atoms with Crippen molar-refractivity contribution >= 4 is 12.0 Å². The van der Waals surface area contributed by atoms with Gasteiger partial charge in [-0.25, -0.2) is 4.79 Å². The maximum atomic E-state index is 12.5. The number of hydrogen-bond donors (Lipinski definition) is 1. The van der Waals surface area contributed by atoms with Crippen LogP contribution in [0.2, 0.25) is 0 Å². The quantitative estimate of drug-likeness (QED) is 0.323. The Morgan fingerprint density at radius 2 is 1.51 bits per heavy atom. The Morgan fingerprint density at radius 1 is 0.892 bits per heavy atom. The Kier molecular flexibility index (Phi) is 7.35. The normalized spacial score (nSPS) is 17.9. The zero-order valence-corrected chi connectivity index (χ0v) is 20.9. The summed E-state index contributed by atoms with van der Waals surface area (Å²) in [5.41, 5.74) is 3.43. The van der Waals surface area contributed by atoms with E-state index in [1.807, 2.05) is 12.1 Å². The van der Waals surface area contributed by atoms with Gasteiger partial charge in [0.1, 0.15) is 17.2 Å². The molecule has 4 nitrogen and oxygen atoms in total. The summed E-state index contributed by atoms with van der Waals surface area (Å²) in [7, 11) is 0. The third-order valence-electron chi connectivity index (χ3n) is 6.76. The van der Waals surface area contributed by atoms with Crippen LogP contribution in [0.3, 0.4) is 0 Å². The molecule has 1 fully saturated rings. The van der Waals surface area contributed by atoms with E-state index in [9.17, 15) is 18.0 Å². The number of aliphatic carboxylic acids is 1. The van der Waals surface area contributed by atoms with E-state index in [0.717, 1.165) is 6.08 Å². The molecule has 3 aromatic rings. The molecule has 0 spiro atoms. The average Bonchev–Trinajstić information content (AvgIpc) is 2.77. The van der Waals surface area contributed by atoms with Crippen LogP contribution in [0.25, 0.3) is 17.2 Å². The first-order valence-corrected chi connectivity index (χ1v) is 12.1. The predicted molar refractivity (Wildman–Crippen MR) is 137 cm³/mol. The fourth-order valence-corrected chi connectivity index (χ4v) is 4.80. The van der Waals surface area contributed by atoms with Gasteiger partial charge in [0.25, 0.3) is 0 Å². The average molecular weight is 511 g/mol. The molecule has 0 amide bonds. The number of hydrogen-bond acceptors (Lipinski definition) is 3. The zero-order chi connectivity index (χ0) is 26.8. The summed E-state index contributed by atoms with van der Waals surface area (Å²) in [5, 5.41) is 9.07. The number of ether oxygens (including phenoxy) is 2. The molecule has 1 aliphatic rings. The second kappa shape index (κ2) is 10.3. The Morgan fingerprint density at radius 3 is 2.05 bits per heavy atom. The number of benzene rings is 3. The van der Waals surface area contributed by atoms with Gasteiger partial charge in [-0.3, -0.25) is 0 Å². The molecule has 194 valence electrons. The molecule has 0 saturated heterocycles. The van der Waals surface area contributed by atoms with Crippen molar-refractivity contribution in [1.82, 2.24) is 0 Å². The lowest BCUT2D eigenvalue weighted by Crippen LogP contribution is -2.34. The first-order valence-electron chi connectivity index (χ1n) is 12.1. The molecule has 3 aromatic carbocycles. The third-order valence-corrected chi connectivity index (χ3v) is 6.76. The molecular weight excluding hydrogens is 481 g/mol. The van der Waals surface area contributed by atoms with Gasteiger partial charge in [0, 0.05) is 11.6 Å². The van der Waals surface area contributed by atoms with Crippen molar-refractivity contribution in [2.75, 3.05) is 0 Å². The van der Waals surface area contributed by atoms with Crippen molar-refractivity contribution in [3.63, 3.8) is 0 Å². The number of rotatable bonds is 7. The van der Waals surface area contributed by atoms with Gasteiger partial charge in [0.15, 0.2) is 0 Å². The molecule has 0 aromatic heterocycles. The number of halogens is 3. The molecule has 1 saturated carbocycles. The fourth-order valence-electron chi connectivity index (χ4n) is 4.80. The second-order valence-corrected chi connectivity index (χ2v) is 10.3. The molecule has 1 N–H and O–H groups in total. The van der Waals surface area contributed by atoms with Crippen LogP contribution in [0.5, 0.6) is 17.2 Å². The summed E-state index contributed by atoms with van der Waals surface area (Å²) >= 11 is 0. The minimum Gasteiger partial charge on any atom is -0.478 e. The smallest absolute Gasteiger partial charge is 0.478 e. The Labute approximate surface area is 214 Å². The SMILES string of the molecule is CC(C)(C)C1CCC1c1ccc(Oc2cc(-c3ccc(OC(F)(F)F)cc3)ccc2/C=C/C(=O)O)cc1. The van der Waals surface area contributed by atoms with Crippen molar-refractivity contribution in [1.29, 1.82) is 0 Å². The second-order valence-electron chi connectivity index (χ2n) is 10.3. The lowest BCUT2D eigenvalue weighted by molar-refractivity contribution is -0.274. The highest BCUT2D eigenvalue weighted by Crippen LogP contribution is 2.51. The topological polar surface area (TPSA) is 55.8 Å². The molecule has 2 unspecified atom stereocenters. The van der Waals surface area contributed by atoms with Crippen LogP contribution < -0.4 is 9.47 Å². The van der Waals surface area contributed by atoms with E-state index in [1.54, 1.807) is 18.2 Å². The molecule has 1 aliphatic carbocycles. The Hall–Kier alpha value is -3.74. The van der Waals surface area contributed by atoms with Gasteiger partial charge < -0.3 is 14.6 Å². The highest BCUT2D eigenvalue weighted by molar-refractivity contribution is 5.86. The van der Waals surface area contributed by atoms with Gasteiger partial charge >= 0.3 is 12.3 Å². The standard InChI is InChI=1S/C30H29F3O4/c1-29(2,3)26-16-15-25(26)20-8-11-23(12-9-20)36-27-18-22(5-4-21(27)10-17-28(34)35)19-6-13-24(14-7-19)37-30(31,32)33/h4-14,17-18,25-26H,15-16H2,1-3H3,(H,34,35)/b17-10+. The Bertz CT molecular complexity index is 1270. The first kappa shape index (κ1) is 26.3. The largest absolute Gasteiger partial charge is 0.573 e. The monoisotopic (exact) mass is 510 g/mol. The summed E-state index contributed by atoms with van der Waals surface area (Å²) in [6, 6.07) is 18.7. The molecule has 0 aliphatic heterocycles. The van der Waals surface area contributed by atoms with Crippen molar-refractivity contribution in [2.24, 2.45) is 11.3 Å². The third kappa shape index (κ3) is 6.73. The van der Waals surface area contributed by atoms with Crippen molar-refractivity contribution in [3.05, 3.63) is 83.9 Å². The zero-order valence-electron chi connectivity index (χ0n) is 20.9. The summed E-state index contributed by atoms with van der Waals surface area (Å²) in [6.07, 6.45) is 0.0985. The van der Waals surface area contributed by atoms with E-state index >= 15 is 0 Å². The van der Waals surface area contributed by atoms with Crippen LogP contribution in [0.1, 0.15) is 50.7 Å². The number of carboxylic acid groups (broad SMARTS) is 1. The summed E-state index contributed by atoms with van der Waals surface area (Å²) in [5.74, 6) is 0.788. The van der Waals surface area contributed by atoms with Crippen LogP contribution in [0.4, 0.5) is 13.2 Å². The van der Waals surface area contributed by atoms with E-state index in [1.165, 1.54) is 48.7 Å². The molecule has 2 atom stereocenters. The predicted octanol–water partition coefficient (Wildman–Crippen LogP) is 8.68. The van der Waals surface area contributed by atoms with E-state index in [2.05, 4.69) is 37.6 Å². The lowest BCUT2D eigenvalue weighted by Gasteiger charge is -2.45. The molecule has 0 radical (unpaired) electrons. The molecular formula is C30H29F3O4. The molecule has 37 heavy (non-hydrogen) atoms. The van der Waals surface area contributed by atoms with Crippen LogP contribution in [-0.4, -0.2) is 17.4 Å². The molecule has 0 heterocycles. The van der Waals surface area contributed by atoms with E-state index in [4.69, 9.17) is 9.84 Å². The Balaban J connectivity index is 1.58. The minimum atomic E-state index is -4.76. The summed E-state index contributed by atoms with van der Waals surface area (Å²) in [4.78, 5) is 11.1. The van der Waals surface area contributed by atoms with E-state index in [0.29, 0.717) is 40.0 Å². The number of carboxylic acids is 1. The van der Waals surface area contributed by atoms with Gasteiger partial charge in [-0.2, -0.15) is 0 Å². The van der Waals surface area contributed by atoms with Crippen molar-refractivity contribution in [3.8, 4) is 28.4 Å². The van der Waals surface area contributed by atoms with Gasteiger partial charge in [-0.05, 0) is 83.2 Å². The van der Waals surface area contributed by atoms with Crippen LogP contribution in [-0.2, 0) is 4.79 Å².